The molecule has 4 nitrogen and oxygen atoms in total. The van der Waals surface area contributed by atoms with E-state index < -0.39 is 0 Å². The summed E-state index contributed by atoms with van der Waals surface area (Å²) in [4.78, 5) is 16.6. The molecule has 22 heavy (non-hydrogen) atoms. The minimum Gasteiger partial charge on any atom is -0.350 e. The Bertz CT molecular complexity index is 833. The molecule has 0 aliphatic rings. The van der Waals surface area contributed by atoms with Crippen LogP contribution in [0.25, 0.3) is 22.3 Å². The molecule has 1 N–H and O–H groups in total. The molecule has 0 radical (unpaired) electrons. The summed E-state index contributed by atoms with van der Waals surface area (Å²) >= 11 is 0. The van der Waals surface area contributed by atoms with Gasteiger partial charge in [0.2, 0.25) is 0 Å². The standard InChI is InChI=1S/C18H19N3O/c1-12(2)20-18(22)14-8-9-19-15(10-14)17-11-13-6-4-5-7-16(13)21(17)3/h4-12H,1-3H3,(H,20,22). The van der Waals surface area contributed by atoms with E-state index in [0.717, 1.165) is 16.9 Å². The number of amides is 1. The zero-order chi connectivity index (χ0) is 15.7. The van der Waals surface area contributed by atoms with Crippen LogP contribution in [-0.2, 0) is 7.05 Å². The minimum atomic E-state index is -0.0718. The monoisotopic (exact) mass is 293 g/mol. The molecule has 0 aliphatic carbocycles. The number of hydrogen-bond acceptors (Lipinski definition) is 2. The van der Waals surface area contributed by atoms with Gasteiger partial charge in [-0.15, -0.1) is 0 Å². The fraction of sp³-hybridized carbons (Fsp3) is 0.222. The van der Waals surface area contributed by atoms with Crippen molar-refractivity contribution < 1.29 is 4.79 Å². The summed E-state index contributed by atoms with van der Waals surface area (Å²) < 4.78 is 2.10. The Morgan fingerprint density at radius 3 is 2.68 bits per heavy atom. The number of carbonyl (C=O) groups is 1. The maximum atomic E-state index is 12.2. The van der Waals surface area contributed by atoms with Crippen molar-refractivity contribution >= 4 is 16.8 Å². The highest BCUT2D eigenvalue weighted by atomic mass is 16.1. The third kappa shape index (κ3) is 2.60. The first-order valence-corrected chi connectivity index (χ1v) is 7.38. The van der Waals surface area contributed by atoms with Crippen molar-refractivity contribution in [3.63, 3.8) is 0 Å². The summed E-state index contributed by atoms with van der Waals surface area (Å²) in [7, 11) is 2.01. The Balaban J connectivity index is 2.04. The van der Waals surface area contributed by atoms with Crippen molar-refractivity contribution in [3.05, 3.63) is 54.2 Å². The van der Waals surface area contributed by atoms with Crippen LogP contribution in [0.4, 0.5) is 0 Å². The third-order valence-corrected chi connectivity index (χ3v) is 3.66. The summed E-state index contributed by atoms with van der Waals surface area (Å²) in [6, 6.07) is 14.0. The molecule has 0 atom stereocenters. The van der Waals surface area contributed by atoms with Crippen LogP contribution in [0.1, 0.15) is 24.2 Å². The maximum absolute atomic E-state index is 12.2. The highest BCUT2D eigenvalue weighted by Crippen LogP contribution is 2.26. The number of pyridine rings is 1. The van der Waals surface area contributed by atoms with Gasteiger partial charge in [0.15, 0.2) is 0 Å². The van der Waals surface area contributed by atoms with E-state index >= 15 is 0 Å². The molecule has 1 amide bonds. The first kappa shape index (κ1) is 14.3. The van der Waals surface area contributed by atoms with Crippen LogP contribution >= 0.6 is 0 Å². The van der Waals surface area contributed by atoms with E-state index in [0.29, 0.717) is 5.56 Å². The zero-order valence-corrected chi connectivity index (χ0v) is 13.0. The first-order valence-electron chi connectivity index (χ1n) is 7.38. The molecular weight excluding hydrogens is 274 g/mol. The fourth-order valence-corrected chi connectivity index (χ4v) is 2.59. The van der Waals surface area contributed by atoms with Gasteiger partial charge in [-0.25, -0.2) is 0 Å². The summed E-state index contributed by atoms with van der Waals surface area (Å²) in [5, 5.41) is 4.07. The van der Waals surface area contributed by atoms with Crippen molar-refractivity contribution in [2.75, 3.05) is 0 Å². The average Bonchev–Trinajstić information content (AvgIpc) is 2.84. The highest BCUT2D eigenvalue weighted by molar-refractivity contribution is 5.95. The second-order valence-corrected chi connectivity index (χ2v) is 5.71. The van der Waals surface area contributed by atoms with Crippen LogP contribution in [0.2, 0.25) is 0 Å². The molecular formula is C18H19N3O. The van der Waals surface area contributed by atoms with Crippen molar-refractivity contribution in [3.8, 4) is 11.4 Å². The molecule has 0 aliphatic heterocycles. The zero-order valence-electron chi connectivity index (χ0n) is 13.0. The summed E-state index contributed by atoms with van der Waals surface area (Å²) in [5.74, 6) is -0.0718. The smallest absolute Gasteiger partial charge is 0.251 e. The molecule has 0 fully saturated rings. The molecule has 1 aromatic carbocycles. The molecule has 0 bridgehead atoms. The van der Waals surface area contributed by atoms with Crippen LogP contribution in [0.5, 0.6) is 0 Å². The number of benzene rings is 1. The Morgan fingerprint density at radius 1 is 1.18 bits per heavy atom. The van der Waals surface area contributed by atoms with Crippen molar-refractivity contribution in [2.45, 2.75) is 19.9 Å². The Morgan fingerprint density at radius 2 is 1.95 bits per heavy atom. The number of fused-ring (bicyclic) bond motifs is 1. The fourth-order valence-electron chi connectivity index (χ4n) is 2.59. The molecule has 2 aromatic heterocycles. The molecule has 0 spiro atoms. The summed E-state index contributed by atoms with van der Waals surface area (Å²) in [5.41, 5.74) is 3.58. The van der Waals surface area contributed by atoms with Crippen LogP contribution in [0.3, 0.4) is 0 Å². The third-order valence-electron chi connectivity index (χ3n) is 3.66. The van der Waals surface area contributed by atoms with Gasteiger partial charge in [-0.05, 0) is 38.1 Å². The maximum Gasteiger partial charge on any atom is 0.251 e. The van der Waals surface area contributed by atoms with Crippen molar-refractivity contribution in [1.82, 2.24) is 14.9 Å². The van der Waals surface area contributed by atoms with Crippen LogP contribution in [-0.4, -0.2) is 21.5 Å². The lowest BCUT2D eigenvalue weighted by atomic mass is 10.1. The van der Waals surface area contributed by atoms with Crippen LogP contribution in [0, 0.1) is 0 Å². The minimum absolute atomic E-state index is 0.0718. The van der Waals surface area contributed by atoms with E-state index in [2.05, 4.69) is 33.1 Å². The normalized spacial score (nSPS) is 11.1. The van der Waals surface area contributed by atoms with E-state index in [1.807, 2.05) is 39.1 Å². The molecule has 0 saturated carbocycles. The molecule has 0 saturated heterocycles. The van der Waals surface area contributed by atoms with Gasteiger partial charge in [0, 0.05) is 35.8 Å². The summed E-state index contributed by atoms with van der Waals surface area (Å²) in [6.07, 6.45) is 1.68. The molecule has 3 rings (SSSR count). The quantitative estimate of drug-likeness (QED) is 0.804. The SMILES string of the molecule is CC(C)NC(=O)c1ccnc(-c2cc3ccccc3n2C)c1. The van der Waals surface area contributed by atoms with Crippen LogP contribution in [0.15, 0.2) is 48.7 Å². The number of nitrogens with zero attached hydrogens (tertiary/aromatic N) is 2. The van der Waals surface area contributed by atoms with Gasteiger partial charge in [-0.2, -0.15) is 0 Å². The lowest BCUT2D eigenvalue weighted by Gasteiger charge is -2.09. The Hall–Kier alpha value is -2.62. The van der Waals surface area contributed by atoms with E-state index in [4.69, 9.17) is 0 Å². The predicted molar refractivity (Wildman–Crippen MR) is 88.8 cm³/mol. The van der Waals surface area contributed by atoms with Crippen LogP contribution < -0.4 is 5.32 Å². The highest BCUT2D eigenvalue weighted by Gasteiger charge is 2.12. The second kappa shape index (κ2) is 5.64. The topological polar surface area (TPSA) is 46.9 Å². The number of hydrogen-bond donors (Lipinski definition) is 1. The van der Waals surface area contributed by atoms with Gasteiger partial charge < -0.3 is 9.88 Å². The van der Waals surface area contributed by atoms with E-state index in [1.165, 1.54) is 5.39 Å². The van der Waals surface area contributed by atoms with Gasteiger partial charge in [0.1, 0.15) is 0 Å². The largest absolute Gasteiger partial charge is 0.350 e. The number of rotatable bonds is 3. The number of nitrogens with one attached hydrogen (secondary N) is 1. The van der Waals surface area contributed by atoms with E-state index in [-0.39, 0.29) is 11.9 Å². The second-order valence-electron chi connectivity index (χ2n) is 5.71. The van der Waals surface area contributed by atoms with Gasteiger partial charge >= 0.3 is 0 Å². The Labute approximate surface area is 129 Å². The van der Waals surface area contributed by atoms with E-state index in [9.17, 15) is 4.79 Å². The lowest BCUT2D eigenvalue weighted by Crippen LogP contribution is -2.30. The first-order chi connectivity index (χ1) is 10.6. The number of aryl methyl sites for hydroxylation is 1. The van der Waals surface area contributed by atoms with Gasteiger partial charge in [0.25, 0.3) is 5.91 Å². The van der Waals surface area contributed by atoms with Crippen molar-refractivity contribution in [1.29, 1.82) is 0 Å². The molecule has 112 valence electrons. The molecule has 2 heterocycles. The van der Waals surface area contributed by atoms with Crippen molar-refractivity contribution in [2.24, 2.45) is 7.05 Å². The molecule has 4 heteroatoms. The lowest BCUT2D eigenvalue weighted by molar-refractivity contribution is 0.0943. The number of para-hydroxylation sites is 1. The number of carbonyl (C=O) groups excluding carboxylic acids is 1. The summed E-state index contributed by atoms with van der Waals surface area (Å²) in [6.45, 7) is 3.90. The van der Waals surface area contributed by atoms with Gasteiger partial charge in [-0.3, -0.25) is 9.78 Å². The average molecular weight is 293 g/mol. The van der Waals surface area contributed by atoms with Gasteiger partial charge in [0.05, 0.1) is 11.4 Å². The molecule has 0 unspecified atom stereocenters. The Kier molecular flexibility index (Phi) is 3.67. The predicted octanol–water partition coefficient (Wildman–Crippen LogP) is 3.38. The molecule has 3 aromatic rings. The van der Waals surface area contributed by atoms with Gasteiger partial charge in [-0.1, -0.05) is 18.2 Å². The number of aromatic nitrogens is 2. The van der Waals surface area contributed by atoms with E-state index in [1.54, 1.807) is 12.3 Å².